The van der Waals surface area contributed by atoms with Gasteiger partial charge in [0.25, 0.3) is 5.91 Å². The van der Waals surface area contributed by atoms with Crippen molar-refractivity contribution in [2.75, 3.05) is 32.6 Å². The van der Waals surface area contributed by atoms with Crippen molar-refractivity contribution in [1.82, 2.24) is 4.90 Å². The number of nitrogens with zero attached hydrogens (tertiary/aromatic N) is 1. The fourth-order valence-corrected chi connectivity index (χ4v) is 2.42. The van der Waals surface area contributed by atoms with Crippen LogP contribution in [0.1, 0.15) is 15.9 Å². The van der Waals surface area contributed by atoms with Gasteiger partial charge in [0.15, 0.2) is 0 Å². The molecular formula is C18H17ClF4N2O2. The lowest BCUT2D eigenvalue weighted by atomic mass is 10.1. The third-order valence-corrected chi connectivity index (χ3v) is 3.86. The van der Waals surface area contributed by atoms with Crippen molar-refractivity contribution in [1.29, 1.82) is 0 Å². The van der Waals surface area contributed by atoms with Gasteiger partial charge in [0.1, 0.15) is 23.7 Å². The molecule has 146 valence electrons. The second kappa shape index (κ2) is 8.58. The SMILES string of the molecule is CN(C)CCOc1cccc(F)c1C(=O)Nc1ccc(Cl)c(C(F)(F)F)c1. The van der Waals surface area contributed by atoms with Crippen molar-refractivity contribution in [2.24, 2.45) is 0 Å². The molecule has 0 radical (unpaired) electrons. The zero-order chi connectivity index (χ0) is 20.2. The standard InChI is InChI=1S/C18H17ClF4N2O2/c1-25(2)8-9-27-15-5-3-4-14(20)16(15)17(26)24-11-6-7-13(19)12(10-11)18(21,22)23/h3-7,10H,8-9H2,1-2H3,(H,24,26). The number of amides is 1. The lowest BCUT2D eigenvalue weighted by Gasteiger charge is -2.15. The molecule has 0 aliphatic heterocycles. The zero-order valence-electron chi connectivity index (χ0n) is 14.5. The van der Waals surface area contributed by atoms with Gasteiger partial charge in [-0.05, 0) is 44.4 Å². The van der Waals surface area contributed by atoms with Gasteiger partial charge in [0.2, 0.25) is 0 Å². The molecule has 0 fully saturated rings. The molecule has 0 aliphatic carbocycles. The molecule has 1 amide bonds. The molecule has 0 aliphatic rings. The van der Waals surface area contributed by atoms with Crippen LogP contribution in [0.15, 0.2) is 36.4 Å². The fraction of sp³-hybridized carbons (Fsp3) is 0.278. The van der Waals surface area contributed by atoms with Gasteiger partial charge in [0, 0.05) is 12.2 Å². The molecule has 0 spiro atoms. The summed E-state index contributed by atoms with van der Waals surface area (Å²) in [7, 11) is 3.64. The molecule has 2 aromatic carbocycles. The maximum absolute atomic E-state index is 14.2. The number of hydrogen-bond donors (Lipinski definition) is 1. The highest BCUT2D eigenvalue weighted by molar-refractivity contribution is 6.31. The van der Waals surface area contributed by atoms with Crippen molar-refractivity contribution in [2.45, 2.75) is 6.18 Å². The van der Waals surface area contributed by atoms with E-state index in [9.17, 15) is 22.4 Å². The number of likely N-dealkylation sites (N-methyl/N-ethyl adjacent to an activating group) is 1. The fourth-order valence-electron chi connectivity index (χ4n) is 2.20. The van der Waals surface area contributed by atoms with E-state index >= 15 is 0 Å². The van der Waals surface area contributed by atoms with Gasteiger partial charge in [-0.2, -0.15) is 13.2 Å². The van der Waals surface area contributed by atoms with E-state index in [2.05, 4.69) is 5.32 Å². The number of carbonyl (C=O) groups excluding carboxylic acids is 1. The Bertz CT molecular complexity index is 825. The Morgan fingerprint density at radius 3 is 2.56 bits per heavy atom. The van der Waals surface area contributed by atoms with Crippen LogP contribution in [-0.2, 0) is 6.18 Å². The van der Waals surface area contributed by atoms with E-state index in [0.29, 0.717) is 12.6 Å². The van der Waals surface area contributed by atoms with E-state index in [1.807, 2.05) is 19.0 Å². The number of ether oxygens (including phenoxy) is 1. The molecule has 0 heterocycles. The number of halogens is 5. The molecule has 27 heavy (non-hydrogen) atoms. The summed E-state index contributed by atoms with van der Waals surface area (Å²) in [6.45, 7) is 0.736. The number of alkyl halides is 3. The summed E-state index contributed by atoms with van der Waals surface area (Å²) in [5.74, 6) is -1.78. The first kappa shape index (κ1) is 21.0. The lowest BCUT2D eigenvalue weighted by Crippen LogP contribution is -2.21. The van der Waals surface area contributed by atoms with Crippen LogP contribution in [0.3, 0.4) is 0 Å². The molecule has 4 nitrogen and oxygen atoms in total. The second-order valence-corrected chi connectivity index (χ2v) is 6.32. The van der Waals surface area contributed by atoms with Crippen LogP contribution in [0.2, 0.25) is 5.02 Å². The summed E-state index contributed by atoms with van der Waals surface area (Å²) in [6.07, 6.45) is -4.68. The highest BCUT2D eigenvalue weighted by Gasteiger charge is 2.33. The number of nitrogens with one attached hydrogen (secondary N) is 1. The summed E-state index contributed by atoms with van der Waals surface area (Å²) in [6, 6.07) is 6.75. The van der Waals surface area contributed by atoms with Crippen molar-refractivity contribution in [3.63, 3.8) is 0 Å². The molecule has 0 saturated carbocycles. The molecule has 0 atom stereocenters. The lowest BCUT2D eigenvalue weighted by molar-refractivity contribution is -0.137. The third kappa shape index (κ3) is 5.58. The summed E-state index contributed by atoms with van der Waals surface area (Å²) >= 11 is 5.55. The Morgan fingerprint density at radius 2 is 1.93 bits per heavy atom. The topological polar surface area (TPSA) is 41.6 Å². The average molecular weight is 405 g/mol. The van der Waals surface area contributed by atoms with Crippen LogP contribution in [0.4, 0.5) is 23.2 Å². The molecular weight excluding hydrogens is 388 g/mol. The van der Waals surface area contributed by atoms with Crippen molar-refractivity contribution in [3.05, 3.63) is 58.4 Å². The first-order chi connectivity index (χ1) is 12.6. The van der Waals surface area contributed by atoms with Crippen LogP contribution in [0.25, 0.3) is 0 Å². The minimum absolute atomic E-state index is 0.000594. The van der Waals surface area contributed by atoms with Gasteiger partial charge in [-0.15, -0.1) is 0 Å². The Hall–Kier alpha value is -2.32. The highest BCUT2D eigenvalue weighted by atomic mass is 35.5. The molecule has 9 heteroatoms. The van der Waals surface area contributed by atoms with E-state index < -0.39 is 28.5 Å². The number of hydrogen-bond acceptors (Lipinski definition) is 3. The van der Waals surface area contributed by atoms with Crippen molar-refractivity contribution >= 4 is 23.2 Å². The van der Waals surface area contributed by atoms with E-state index in [4.69, 9.17) is 16.3 Å². The summed E-state index contributed by atoms with van der Waals surface area (Å²) in [5.41, 5.74) is -1.66. The van der Waals surface area contributed by atoms with Crippen LogP contribution in [0.5, 0.6) is 5.75 Å². The van der Waals surface area contributed by atoms with Gasteiger partial charge in [0.05, 0.1) is 10.6 Å². The van der Waals surface area contributed by atoms with E-state index in [1.54, 1.807) is 0 Å². The van der Waals surface area contributed by atoms with Crippen molar-refractivity contribution < 1.29 is 27.1 Å². The maximum Gasteiger partial charge on any atom is 0.417 e. The average Bonchev–Trinajstić information content (AvgIpc) is 2.55. The van der Waals surface area contributed by atoms with Gasteiger partial charge < -0.3 is 15.0 Å². The minimum Gasteiger partial charge on any atom is -0.491 e. The number of anilines is 1. The Labute approximate surface area is 158 Å². The summed E-state index contributed by atoms with van der Waals surface area (Å²) in [4.78, 5) is 14.3. The predicted octanol–water partition coefficient (Wildman–Crippen LogP) is 4.69. The number of rotatable bonds is 6. The van der Waals surface area contributed by atoms with Gasteiger partial charge in [-0.25, -0.2) is 4.39 Å². The molecule has 2 aromatic rings. The van der Waals surface area contributed by atoms with Crippen LogP contribution < -0.4 is 10.1 Å². The van der Waals surface area contributed by atoms with Crippen molar-refractivity contribution in [3.8, 4) is 5.75 Å². The number of carbonyl (C=O) groups is 1. The predicted molar refractivity (Wildman–Crippen MR) is 94.9 cm³/mol. The Balaban J connectivity index is 2.26. The van der Waals surface area contributed by atoms with Crippen LogP contribution in [-0.4, -0.2) is 38.1 Å². The minimum atomic E-state index is -4.68. The van der Waals surface area contributed by atoms with Gasteiger partial charge in [-0.3, -0.25) is 4.79 Å². The Kier molecular flexibility index (Phi) is 6.67. The first-order valence-corrected chi connectivity index (χ1v) is 8.21. The molecule has 2 rings (SSSR count). The normalized spacial score (nSPS) is 11.6. The van der Waals surface area contributed by atoms with E-state index in [-0.39, 0.29) is 23.6 Å². The van der Waals surface area contributed by atoms with Gasteiger partial charge in [-0.1, -0.05) is 17.7 Å². The first-order valence-electron chi connectivity index (χ1n) is 7.83. The van der Waals surface area contributed by atoms with Gasteiger partial charge >= 0.3 is 6.18 Å². The highest BCUT2D eigenvalue weighted by Crippen LogP contribution is 2.36. The largest absolute Gasteiger partial charge is 0.491 e. The number of benzene rings is 2. The molecule has 1 N–H and O–H groups in total. The molecule has 0 aromatic heterocycles. The zero-order valence-corrected chi connectivity index (χ0v) is 15.3. The quantitative estimate of drug-likeness (QED) is 0.710. The van der Waals surface area contributed by atoms with E-state index in [1.165, 1.54) is 18.2 Å². The molecule has 0 unspecified atom stereocenters. The monoisotopic (exact) mass is 404 g/mol. The molecule has 0 bridgehead atoms. The Morgan fingerprint density at radius 1 is 1.22 bits per heavy atom. The van der Waals surface area contributed by atoms with Crippen LogP contribution in [0, 0.1) is 5.82 Å². The van der Waals surface area contributed by atoms with E-state index in [0.717, 1.165) is 12.1 Å². The van der Waals surface area contributed by atoms with Crippen LogP contribution >= 0.6 is 11.6 Å². The summed E-state index contributed by atoms with van der Waals surface area (Å²) < 4.78 is 58.4. The smallest absolute Gasteiger partial charge is 0.417 e. The molecule has 0 saturated heterocycles. The third-order valence-electron chi connectivity index (χ3n) is 3.53. The summed E-state index contributed by atoms with van der Waals surface area (Å²) in [5, 5.41) is 1.75. The second-order valence-electron chi connectivity index (χ2n) is 5.91. The maximum atomic E-state index is 14.2.